The standard InChI is InChI=1S/C13H14N6OS/c1-8(2)19(7-11-15-17-18-16-11)13(20)10-5-3-4-9-6-14-21-12(9)10/h3-6,8H,7H2,1-2H3,(H,15,16,17,18). The maximum atomic E-state index is 12.8. The van der Waals surface area contributed by atoms with Crippen molar-refractivity contribution in [2.75, 3.05) is 0 Å². The lowest BCUT2D eigenvalue weighted by molar-refractivity contribution is 0.0687. The van der Waals surface area contributed by atoms with Crippen molar-refractivity contribution in [2.45, 2.75) is 26.4 Å². The highest BCUT2D eigenvalue weighted by Gasteiger charge is 2.22. The van der Waals surface area contributed by atoms with Gasteiger partial charge in [0.2, 0.25) is 0 Å². The Morgan fingerprint density at radius 3 is 3.00 bits per heavy atom. The van der Waals surface area contributed by atoms with Gasteiger partial charge in [-0.15, -0.1) is 10.2 Å². The minimum atomic E-state index is -0.0512. The van der Waals surface area contributed by atoms with E-state index in [1.807, 2.05) is 32.0 Å². The van der Waals surface area contributed by atoms with E-state index >= 15 is 0 Å². The number of carbonyl (C=O) groups is 1. The Bertz CT molecular complexity index is 751. The van der Waals surface area contributed by atoms with Crippen LogP contribution < -0.4 is 0 Å². The fraction of sp³-hybridized carbons (Fsp3) is 0.308. The molecule has 0 saturated heterocycles. The minimum absolute atomic E-state index is 0.0270. The van der Waals surface area contributed by atoms with Crippen molar-refractivity contribution in [1.29, 1.82) is 0 Å². The Balaban J connectivity index is 1.95. The Morgan fingerprint density at radius 2 is 2.29 bits per heavy atom. The van der Waals surface area contributed by atoms with Crippen LogP contribution in [0.15, 0.2) is 24.4 Å². The van der Waals surface area contributed by atoms with Gasteiger partial charge in [0, 0.05) is 17.6 Å². The molecule has 0 spiro atoms. The number of hydrogen-bond donors (Lipinski definition) is 1. The van der Waals surface area contributed by atoms with Crippen LogP contribution >= 0.6 is 11.5 Å². The van der Waals surface area contributed by atoms with Crippen LogP contribution in [-0.4, -0.2) is 41.8 Å². The van der Waals surface area contributed by atoms with Gasteiger partial charge in [-0.1, -0.05) is 17.3 Å². The van der Waals surface area contributed by atoms with Gasteiger partial charge >= 0.3 is 0 Å². The average Bonchev–Trinajstić information content (AvgIpc) is 3.14. The molecule has 1 N–H and O–H groups in total. The quantitative estimate of drug-likeness (QED) is 0.794. The SMILES string of the molecule is CC(C)N(Cc1nn[nH]n1)C(=O)c1cccc2cnsc12. The first-order chi connectivity index (χ1) is 10.2. The number of hydrogen-bond acceptors (Lipinski definition) is 6. The highest BCUT2D eigenvalue weighted by molar-refractivity contribution is 7.13. The third kappa shape index (κ3) is 2.62. The van der Waals surface area contributed by atoms with E-state index in [0.29, 0.717) is 17.9 Å². The van der Waals surface area contributed by atoms with E-state index in [-0.39, 0.29) is 11.9 Å². The van der Waals surface area contributed by atoms with Crippen LogP contribution in [0.1, 0.15) is 30.0 Å². The maximum absolute atomic E-state index is 12.8. The van der Waals surface area contributed by atoms with Gasteiger partial charge in [0.1, 0.15) is 0 Å². The molecule has 3 rings (SSSR count). The van der Waals surface area contributed by atoms with Crippen molar-refractivity contribution < 1.29 is 4.79 Å². The van der Waals surface area contributed by atoms with Gasteiger partial charge in [-0.05, 0) is 31.4 Å². The topological polar surface area (TPSA) is 87.7 Å². The molecule has 8 heteroatoms. The third-order valence-electron chi connectivity index (χ3n) is 3.20. The number of tetrazole rings is 1. The summed E-state index contributed by atoms with van der Waals surface area (Å²) >= 11 is 1.33. The van der Waals surface area contributed by atoms with Crippen molar-refractivity contribution >= 4 is 27.5 Å². The second-order valence-corrected chi connectivity index (χ2v) is 5.71. The first kappa shape index (κ1) is 13.6. The highest BCUT2D eigenvalue weighted by atomic mass is 32.1. The van der Waals surface area contributed by atoms with E-state index in [1.54, 1.807) is 11.1 Å². The molecule has 0 aliphatic rings. The molecular formula is C13H14N6OS. The number of H-pyrrole nitrogens is 1. The molecule has 0 bridgehead atoms. The van der Waals surface area contributed by atoms with Gasteiger partial charge in [0.05, 0.1) is 16.8 Å². The molecule has 0 aliphatic heterocycles. The Morgan fingerprint density at radius 1 is 1.43 bits per heavy atom. The largest absolute Gasteiger partial charge is 0.328 e. The molecule has 2 heterocycles. The number of nitrogens with zero attached hydrogens (tertiary/aromatic N) is 5. The molecule has 1 amide bonds. The normalized spacial score (nSPS) is 11.2. The molecule has 0 atom stereocenters. The Kier molecular flexibility index (Phi) is 3.61. The number of benzene rings is 1. The zero-order chi connectivity index (χ0) is 14.8. The maximum Gasteiger partial charge on any atom is 0.256 e. The molecule has 0 unspecified atom stereocenters. The van der Waals surface area contributed by atoms with Crippen molar-refractivity contribution in [3.8, 4) is 0 Å². The molecule has 0 aliphatic carbocycles. The lowest BCUT2D eigenvalue weighted by Gasteiger charge is -2.25. The molecule has 0 saturated carbocycles. The van der Waals surface area contributed by atoms with Crippen LogP contribution in [-0.2, 0) is 6.54 Å². The molecule has 2 aromatic heterocycles. The van der Waals surface area contributed by atoms with E-state index < -0.39 is 0 Å². The lowest BCUT2D eigenvalue weighted by atomic mass is 10.1. The zero-order valence-corrected chi connectivity index (χ0v) is 12.5. The summed E-state index contributed by atoms with van der Waals surface area (Å²) in [5.74, 6) is 0.443. The van der Waals surface area contributed by atoms with Gasteiger partial charge in [-0.3, -0.25) is 4.79 Å². The van der Waals surface area contributed by atoms with Crippen molar-refractivity contribution in [3.63, 3.8) is 0 Å². The van der Waals surface area contributed by atoms with E-state index in [2.05, 4.69) is 25.0 Å². The van der Waals surface area contributed by atoms with Gasteiger partial charge in [0.25, 0.3) is 5.91 Å². The number of rotatable bonds is 4. The zero-order valence-electron chi connectivity index (χ0n) is 11.6. The van der Waals surface area contributed by atoms with Crippen LogP contribution in [0.25, 0.3) is 10.1 Å². The molecule has 108 valence electrons. The number of fused-ring (bicyclic) bond motifs is 1. The lowest BCUT2D eigenvalue weighted by Crippen LogP contribution is -2.36. The van der Waals surface area contributed by atoms with Crippen molar-refractivity contribution in [3.05, 3.63) is 35.8 Å². The summed E-state index contributed by atoms with van der Waals surface area (Å²) < 4.78 is 5.06. The first-order valence-corrected chi connectivity index (χ1v) is 7.31. The summed E-state index contributed by atoms with van der Waals surface area (Å²) in [5.41, 5.74) is 0.659. The average molecular weight is 302 g/mol. The second kappa shape index (κ2) is 5.57. The van der Waals surface area contributed by atoms with Crippen molar-refractivity contribution in [2.24, 2.45) is 0 Å². The molecule has 1 aromatic carbocycles. The Labute approximate surface area is 125 Å². The molecule has 3 aromatic rings. The monoisotopic (exact) mass is 302 g/mol. The van der Waals surface area contributed by atoms with E-state index in [4.69, 9.17) is 0 Å². The second-order valence-electron chi connectivity index (χ2n) is 4.90. The van der Waals surface area contributed by atoms with Crippen LogP contribution in [0.5, 0.6) is 0 Å². The summed E-state index contributed by atoms with van der Waals surface area (Å²) in [6.45, 7) is 4.25. The fourth-order valence-electron chi connectivity index (χ4n) is 2.11. The van der Waals surface area contributed by atoms with Crippen LogP contribution in [0.4, 0.5) is 0 Å². The first-order valence-electron chi connectivity index (χ1n) is 6.53. The van der Waals surface area contributed by atoms with E-state index in [0.717, 1.165) is 10.1 Å². The predicted octanol–water partition coefficient (Wildman–Crippen LogP) is 1.86. The number of carbonyl (C=O) groups excluding carboxylic acids is 1. The van der Waals surface area contributed by atoms with Gasteiger partial charge < -0.3 is 4.90 Å². The number of amides is 1. The molecule has 7 nitrogen and oxygen atoms in total. The smallest absolute Gasteiger partial charge is 0.256 e. The van der Waals surface area contributed by atoms with E-state index in [1.165, 1.54) is 11.5 Å². The van der Waals surface area contributed by atoms with E-state index in [9.17, 15) is 4.79 Å². The molecule has 21 heavy (non-hydrogen) atoms. The third-order valence-corrected chi connectivity index (χ3v) is 4.05. The molecule has 0 fully saturated rings. The van der Waals surface area contributed by atoms with Crippen LogP contribution in [0.3, 0.4) is 0 Å². The molecular weight excluding hydrogens is 288 g/mol. The summed E-state index contributed by atoms with van der Waals surface area (Å²) in [7, 11) is 0. The molecule has 0 radical (unpaired) electrons. The number of aromatic amines is 1. The fourth-order valence-corrected chi connectivity index (χ4v) is 2.86. The Hall–Kier alpha value is -2.35. The number of nitrogens with one attached hydrogen (secondary N) is 1. The highest BCUT2D eigenvalue weighted by Crippen LogP contribution is 2.24. The predicted molar refractivity (Wildman–Crippen MR) is 78.8 cm³/mol. The minimum Gasteiger partial charge on any atom is -0.328 e. The van der Waals surface area contributed by atoms with Gasteiger partial charge in [-0.25, -0.2) is 0 Å². The summed E-state index contributed by atoms with van der Waals surface area (Å²) in [4.78, 5) is 14.6. The summed E-state index contributed by atoms with van der Waals surface area (Å²) in [6.07, 6.45) is 1.77. The van der Waals surface area contributed by atoms with Crippen LogP contribution in [0, 0.1) is 0 Å². The van der Waals surface area contributed by atoms with Gasteiger partial charge in [-0.2, -0.15) is 9.59 Å². The summed E-state index contributed by atoms with van der Waals surface area (Å²) in [6, 6.07) is 5.68. The van der Waals surface area contributed by atoms with Crippen molar-refractivity contribution in [1.82, 2.24) is 29.9 Å². The van der Waals surface area contributed by atoms with Crippen LogP contribution in [0.2, 0.25) is 0 Å². The summed E-state index contributed by atoms with van der Waals surface area (Å²) in [5, 5.41) is 14.7. The number of aromatic nitrogens is 5. The van der Waals surface area contributed by atoms with Gasteiger partial charge in [0.15, 0.2) is 5.82 Å².